The van der Waals surface area contributed by atoms with Crippen LogP contribution in [0.15, 0.2) is 65.5 Å². The van der Waals surface area contributed by atoms with E-state index in [-0.39, 0.29) is 34.7 Å². The number of aryl methyl sites for hydroxylation is 2. The lowest BCUT2D eigenvalue weighted by Gasteiger charge is -2.30. The topological polar surface area (TPSA) is 105 Å². The molecule has 0 saturated heterocycles. The lowest BCUT2D eigenvalue weighted by Crippen LogP contribution is -2.24. The molecule has 1 heterocycles. The van der Waals surface area contributed by atoms with E-state index in [1.165, 1.54) is 16.3 Å². The van der Waals surface area contributed by atoms with Gasteiger partial charge in [-0.05, 0) is 84.5 Å². The minimum Gasteiger partial charge on any atom is -0.483 e. The van der Waals surface area contributed by atoms with Crippen LogP contribution in [0, 0.1) is 13.8 Å². The second-order valence-corrected chi connectivity index (χ2v) is 13.2. The van der Waals surface area contributed by atoms with Gasteiger partial charge in [0.2, 0.25) is 0 Å². The SMILES string of the molecule is CCC(C)(C)c1ccc(OCC(=O)Nc2cccc(C(=O)Nc3cc(=O)n(-c4c(C)cc(C)cc4Cl)[nH]3)c2)c(C(C)(C)CC)c1. The van der Waals surface area contributed by atoms with Crippen LogP contribution in [-0.4, -0.2) is 28.2 Å². The molecule has 2 amide bonds. The number of carbonyl (C=O) groups is 2. The Balaban J connectivity index is 1.45. The average Bonchev–Trinajstić information content (AvgIpc) is 3.34. The summed E-state index contributed by atoms with van der Waals surface area (Å²) in [5.74, 6) is 0.0911. The molecule has 3 aromatic carbocycles. The number of ether oxygens (including phenoxy) is 1. The molecular formula is C36H43ClN4O4. The number of benzene rings is 3. The monoisotopic (exact) mass is 630 g/mol. The number of hydrogen-bond acceptors (Lipinski definition) is 4. The normalized spacial score (nSPS) is 11.8. The van der Waals surface area contributed by atoms with Crippen LogP contribution in [0.2, 0.25) is 5.02 Å². The summed E-state index contributed by atoms with van der Waals surface area (Å²) >= 11 is 6.42. The van der Waals surface area contributed by atoms with E-state index in [1.807, 2.05) is 26.0 Å². The van der Waals surface area contributed by atoms with Crippen molar-refractivity contribution in [1.82, 2.24) is 9.78 Å². The average molecular weight is 631 g/mol. The number of hydrogen-bond donors (Lipinski definition) is 3. The molecule has 4 rings (SSSR count). The molecule has 0 atom stereocenters. The third-order valence-electron chi connectivity index (χ3n) is 8.62. The molecule has 0 fully saturated rings. The summed E-state index contributed by atoms with van der Waals surface area (Å²) < 4.78 is 7.35. The molecule has 0 saturated carbocycles. The molecular weight excluding hydrogens is 588 g/mol. The molecule has 0 bridgehead atoms. The van der Waals surface area contributed by atoms with Gasteiger partial charge in [-0.3, -0.25) is 19.5 Å². The quantitative estimate of drug-likeness (QED) is 0.156. The number of amides is 2. The largest absolute Gasteiger partial charge is 0.483 e. The van der Waals surface area contributed by atoms with E-state index in [1.54, 1.807) is 30.3 Å². The Labute approximate surface area is 270 Å². The summed E-state index contributed by atoms with van der Waals surface area (Å²) in [5, 5.41) is 8.87. The molecule has 0 spiro atoms. The van der Waals surface area contributed by atoms with E-state index in [0.717, 1.165) is 29.5 Å². The fourth-order valence-electron chi connectivity index (χ4n) is 5.09. The van der Waals surface area contributed by atoms with E-state index in [0.29, 0.717) is 27.7 Å². The zero-order valence-corrected chi connectivity index (χ0v) is 28.1. The molecule has 1 aromatic heterocycles. The van der Waals surface area contributed by atoms with Crippen LogP contribution in [0.4, 0.5) is 11.5 Å². The number of H-pyrrole nitrogens is 1. The van der Waals surface area contributed by atoms with E-state index in [2.05, 4.69) is 69.4 Å². The van der Waals surface area contributed by atoms with Crippen molar-refractivity contribution in [2.24, 2.45) is 0 Å². The first-order valence-electron chi connectivity index (χ1n) is 15.2. The third kappa shape index (κ3) is 7.68. The second kappa shape index (κ2) is 13.4. The highest BCUT2D eigenvalue weighted by molar-refractivity contribution is 6.32. The van der Waals surface area contributed by atoms with Crippen LogP contribution in [-0.2, 0) is 15.6 Å². The molecule has 4 aromatic rings. The molecule has 0 radical (unpaired) electrons. The highest BCUT2D eigenvalue weighted by Gasteiger charge is 2.27. The number of nitrogens with one attached hydrogen (secondary N) is 3. The molecule has 0 unspecified atom stereocenters. The Kier molecular flexibility index (Phi) is 9.98. The maximum absolute atomic E-state index is 13.1. The third-order valence-corrected chi connectivity index (χ3v) is 8.90. The minimum absolute atomic E-state index is 0.0267. The van der Waals surface area contributed by atoms with E-state index in [4.69, 9.17) is 16.3 Å². The first kappa shape index (κ1) is 33.6. The Morgan fingerprint density at radius 1 is 0.911 bits per heavy atom. The molecule has 238 valence electrons. The summed E-state index contributed by atoms with van der Waals surface area (Å²) in [6.07, 6.45) is 1.92. The van der Waals surface area contributed by atoms with Crippen LogP contribution in [0.3, 0.4) is 0 Å². The van der Waals surface area contributed by atoms with Gasteiger partial charge in [0.15, 0.2) is 6.61 Å². The lowest BCUT2D eigenvalue weighted by atomic mass is 9.76. The Bertz CT molecular complexity index is 1760. The van der Waals surface area contributed by atoms with Crippen LogP contribution in [0.1, 0.15) is 87.0 Å². The number of anilines is 2. The molecule has 8 nitrogen and oxygen atoms in total. The number of carbonyl (C=O) groups excluding carboxylic acids is 2. The van der Waals surface area contributed by atoms with Gasteiger partial charge < -0.3 is 15.4 Å². The Morgan fingerprint density at radius 2 is 1.62 bits per heavy atom. The van der Waals surface area contributed by atoms with Crippen molar-refractivity contribution in [2.45, 2.75) is 79.1 Å². The van der Waals surface area contributed by atoms with Crippen LogP contribution in [0.25, 0.3) is 5.69 Å². The lowest BCUT2D eigenvalue weighted by molar-refractivity contribution is -0.118. The maximum Gasteiger partial charge on any atom is 0.273 e. The van der Waals surface area contributed by atoms with Gasteiger partial charge in [-0.1, -0.05) is 77.4 Å². The van der Waals surface area contributed by atoms with E-state index < -0.39 is 5.91 Å². The van der Waals surface area contributed by atoms with Gasteiger partial charge in [-0.15, -0.1) is 0 Å². The fourth-order valence-corrected chi connectivity index (χ4v) is 5.50. The van der Waals surface area contributed by atoms with Crippen molar-refractivity contribution in [1.29, 1.82) is 0 Å². The minimum atomic E-state index is -0.455. The predicted octanol–water partition coefficient (Wildman–Crippen LogP) is 8.08. The molecule has 45 heavy (non-hydrogen) atoms. The van der Waals surface area contributed by atoms with Gasteiger partial charge in [0, 0.05) is 22.9 Å². The molecule has 0 aliphatic heterocycles. The van der Waals surface area contributed by atoms with Crippen LogP contribution in [0.5, 0.6) is 5.75 Å². The predicted molar refractivity (Wildman–Crippen MR) is 182 cm³/mol. The summed E-state index contributed by atoms with van der Waals surface area (Å²) in [5.41, 5.74) is 4.89. The van der Waals surface area contributed by atoms with Crippen molar-refractivity contribution < 1.29 is 14.3 Å². The van der Waals surface area contributed by atoms with Gasteiger partial charge in [0.1, 0.15) is 11.6 Å². The Hall–Kier alpha value is -4.30. The standard InChI is InChI=1S/C36H43ClN4O4/c1-9-35(5,6)25-14-15-29(27(19-25)36(7,8)10-2)45-21-31(42)38-26-13-11-12-24(18-26)34(44)39-30-20-32(43)41(40-30)33-23(4)16-22(3)17-28(33)37/h11-20,40H,9-10,21H2,1-8H3,(H,38,42)(H,39,44). The van der Waals surface area contributed by atoms with Crippen molar-refractivity contribution in [2.75, 3.05) is 17.2 Å². The zero-order chi connectivity index (χ0) is 33.1. The first-order chi connectivity index (χ1) is 21.1. The number of aromatic nitrogens is 2. The van der Waals surface area contributed by atoms with Gasteiger partial charge in [-0.2, -0.15) is 0 Å². The summed E-state index contributed by atoms with van der Waals surface area (Å²) in [7, 11) is 0. The molecule has 3 N–H and O–H groups in total. The summed E-state index contributed by atoms with van der Waals surface area (Å²) in [6, 6.07) is 17.8. The van der Waals surface area contributed by atoms with Gasteiger partial charge in [-0.25, -0.2) is 4.68 Å². The van der Waals surface area contributed by atoms with Crippen molar-refractivity contribution in [3.8, 4) is 11.4 Å². The molecule has 9 heteroatoms. The molecule has 0 aliphatic rings. The fraction of sp³-hybridized carbons (Fsp3) is 0.361. The first-order valence-corrected chi connectivity index (χ1v) is 15.6. The number of rotatable bonds is 11. The van der Waals surface area contributed by atoms with Crippen molar-refractivity contribution >= 4 is 34.9 Å². The van der Waals surface area contributed by atoms with Gasteiger partial charge in [0.05, 0.1) is 10.7 Å². The zero-order valence-electron chi connectivity index (χ0n) is 27.4. The highest BCUT2D eigenvalue weighted by atomic mass is 35.5. The smallest absolute Gasteiger partial charge is 0.273 e. The number of nitrogens with zero attached hydrogens (tertiary/aromatic N) is 1. The van der Waals surface area contributed by atoms with Crippen molar-refractivity contribution in [3.05, 3.63) is 104 Å². The number of halogens is 1. The second-order valence-electron chi connectivity index (χ2n) is 12.8. The van der Waals surface area contributed by atoms with Crippen LogP contribution >= 0.6 is 11.6 Å². The van der Waals surface area contributed by atoms with E-state index >= 15 is 0 Å². The summed E-state index contributed by atoms with van der Waals surface area (Å²) in [6.45, 7) is 16.7. The number of aromatic amines is 1. The maximum atomic E-state index is 13.1. The van der Waals surface area contributed by atoms with E-state index in [9.17, 15) is 14.4 Å². The Morgan fingerprint density at radius 3 is 2.29 bits per heavy atom. The summed E-state index contributed by atoms with van der Waals surface area (Å²) in [4.78, 5) is 38.7. The highest BCUT2D eigenvalue weighted by Crippen LogP contribution is 2.38. The van der Waals surface area contributed by atoms with Crippen LogP contribution < -0.4 is 20.9 Å². The van der Waals surface area contributed by atoms with Gasteiger partial charge >= 0.3 is 0 Å². The van der Waals surface area contributed by atoms with Crippen molar-refractivity contribution in [3.63, 3.8) is 0 Å². The molecule has 0 aliphatic carbocycles. The van der Waals surface area contributed by atoms with Gasteiger partial charge in [0.25, 0.3) is 17.4 Å².